The van der Waals surface area contributed by atoms with E-state index in [4.69, 9.17) is 4.74 Å². The minimum atomic E-state index is 0.986. The van der Waals surface area contributed by atoms with Crippen LogP contribution in [0.5, 0.6) is 5.75 Å². The van der Waals surface area contributed by atoms with Gasteiger partial charge in [-0.2, -0.15) is 0 Å². The number of nitrogens with zero attached hydrogens (tertiary/aromatic N) is 1. The zero-order valence-electron chi connectivity index (χ0n) is 7.43. The van der Waals surface area contributed by atoms with Crippen molar-refractivity contribution in [2.75, 3.05) is 7.11 Å². The molecule has 0 aromatic carbocycles. The number of pyridine rings is 1. The molecule has 0 amide bonds. The third-order valence-electron chi connectivity index (χ3n) is 1.90. The van der Waals surface area contributed by atoms with Gasteiger partial charge in [0.2, 0.25) is 0 Å². The van der Waals surface area contributed by atoms with Crippen molar-refractivity contribution < 1.29 is 4.74 Å². The summed E-state index contributed by atoms with van der Waals surface area (Å²) in [6.07, 6.45) is 1.87. The van der Waals surface area contributed by atoms with Crippen LogP contribution in [0.15, 0.2) is 6.20 Å². The zero-order valence-corrected chi connectivity index (χ0v) is 9.43. The maximum atomic E-state index is 5.24. The van der Waals surface area contributed by atoms with Gasteiger partial charge in [-0.3, -0.25) is 0 Å². The van der Waals surface area contributed by atoms with E-state index in [1.807, 2.05) is 13.1 Å². The monoisotopic (exact) mass is 159 g/mol. The predicted molar refractivity (Wildman–Crippen MR) is 45.7 cm³/mol. The van der Waals surface area contributed by atoms with Gasteiger partial charge in [-0.25, -0.2) is 0 Å². The molecule has 0 atom stereocenters. The Balaban J connectivity index is 3.29. The van der Waals surface area contributed by atoms with Gasteiger partial charge in [0.15, 0.2) is 0 Å². The number of methoxy groups -OCH3 is 1. The summed E-state index contributed by atoms with van der Waals surface area (Å²) in [5.74, 6) is 0.991. The normalized spacial score (nSPS) is 9.91. The van der Waals surface area contributed by atoms with Crippen LogP contribution in [-0.2, 0) is 0 Å². The molecular formula is C8H10NNaO. The van der Waals surface area contributed by atoms with E-state index in [1.54, 1.807) is 7.11 Å². The summed E-state index contributed by atoms with van der Waals surface area (Å²) in [7, 11) is 1.70. The summed E-state index contributed by atoms with van der Waals surface area (Å²) >= 11 is 0.986. The van der Waals surface area contributed by atoms with Crippen molar-refractivity contribution in [3.8, 4) is 5.75 Å². The number of ether oxygens (including phenoxy) is 1. The van der Waals surface area contributed by atoms with Crippen LogP contribution in [0.4, 0.5) is 0 Å². The van der Waals surface area contributed by atoms with E-state index in [2.05, 4.69) is 11.9 Å². The first kappa shape index (κ1) is 9.04. The molecule has 0 bridgehead atoms. The molecule has 0 aliphatic rings. The third-order valence-corrected chi connectivity index (χ3v) is 2.91. The molecule has 0 spiro atoms. The molecular weight excluding hydrogens is 149 g/mol. The SMILES string of the molecule is COc1c(C)cn[c]([Na])c1C. The Morgan fingerprint density at radius 1 is 1.45 bits per heavy atom. The molecule has 0 saturated carbocycles. The number of hydrogen-bond donors (Lipinski definition) is 0. The molecule has 1 heterocycles. The van der Waals surface area contributed by atoms with Crippen molar-refractivity contribution in [1.82, 2.24) is 4.98 Å². The van der Waals surface area contributed by atoms with Gasteiger partial charge in [0.05, 0.1) is 0 Å². The summed E-state index contributed by atoms with van der Waals surface area (Å²) in [5, 5.41) is 0. The number of aryl methyl sites for hydroxylation is 1. The fourth-order valence-electron chi connectivity index (χ4n) is 1.12. The molecule has 54 valence electrons. The fraction of sp³-hybridized carbons (Fsp3) is 0.375. The molecule has 11 heavy (non-hydrogen) atoms. The molecule has 1 rings (SSSR count). The van der Waals surface area contributed by atoms with Gasteiger partial charge in [0, 0.05) is 0 Å². The van der Waals surface area contributed by atoms with E-state index >= 15 is 0 Å². The Morgan fingerprint density at radius 2 is 2.09 bits per heavy atom. The van der Waals surface area contributed by atoms with E-state index in [1.165, 1.54) is 8.51 Å². The molecule has 0 radical (unpaired) electrons. The average molecular weight is 159 g/mol. The quantitative estimate of drug-likeness (QED) is 0.557. The molecule has 0 fully saturated rings. The Labute approximate surface area is 84.4 Å². The van der Waals surface area contributed by atoms with Crippen molar-refractivity contribution >= 4 is 30.9 Å². The number of aromatic nitrogens is 1. The summed E-state index contributed by atoms with van der Waals surface area (Å²) in [6.45, 7) is 4.07. The van der Waals surface area contributed by atoms with Crippen LogP contribution in [0.3, 0.4) is 0 Å². The molecule has 0 aliphatic heterocycles. The Bertz CT molecular complexity index is 273. The van der Waals surface area contributed by atoms with Crippen LogP contribution >= 0.6 is 0 Å². The van der Waals surface area contributed by atoms with E-state index in [0.717, 1.165) is 39.2 Å². The van der Waals surface area contributed by atoms with Gasteiger partial charge in [-0.15, -0.1) is 0 Å². The van der Waals surface area contributed by atoms with Gasteiger partial charge in [-0.1, -0.05) is 0 Å². The predicted octanol–water partition coefficient (Wildman–Crippen LogP) is 0.501. The standard InChI is InChI=1S/C8H10NO.Na/c1-6-4-9-5-7(2)8(6)10-3;/h4H,1-3H3;. The first-order chi connectivity index (χ1) is 5.16. The van der Waals surface area contributed by atoms with E-state index in [0.29, 0.717) is 0 Å². The molecule has 0 aliphatic carbocycles. The second-order valence-corrected chi connectivity index (χ2v) is 3.63. The summed E-state index contributed by atoms with van der Waals surface area (Å²) in [6, 6.07) is 0. The van der Waals surface area contributed by atoms with Crippen LogP contribution in [0, 0.1) is 13.8 Å². The molecule has 3 heteroatoms. The molecule has 0 unspecified atom stereocenters. The van der Waals surface area contributed by atoms with Crippen LogP contribution in [0.25, 0.3) is 0 Å². The number of hydrogen-bond acceptors (Lipinski definition) is 2. The summed E-state index contributed by atoms with van der Waals surface area (Å²) < 4.78 is 6.41. The van der Waals surface area contributed by atoms with E-state index in [9.17, 15) is 0 Å². The molecule has 1 aromatic rings. The average Bonchev–Trinajstić information content (AvgIpc) is 1.99. The Morgan fingerprint density at radius 3 is 2.55 bits per heavy atom. The summed E-state index contributed by atoms with van der Waals surface area (Å²) in [5.41, 5.74) is 2.31. The third kappa shape index (κ3) is 1.75. The topological polar surface area (TPSA) is 22.1 Å². The van der Waals surface area contributed by atoms with Gasteiger partial charge < -0.3 is 0 Å². The Kier molecular flexibility index (Phi) is 2.93. The van der Waals surface area contributed by atoms with Crippen LogP contribution in [0.1, 0.15) is 11.1 Å². The minimum absolute atomic E-state index is 0.986. The van der Waals surface area contributed by atoms with Gasteiger partial charge >= 0.3 is 84.6 Å². The first-order valence-corrected chi connectivity index (χ1v) is 4.63. The van der Waals surface area contributed by atoms with Gasteiger partial charge in [-0.05, 0) is 0 Å². The number of rotatable bonds is 1. The molecule has 0 N–H and O–H groups in total. The van der Waals surface area contributed by atoms with Crippen molar-refractivity contribution in [2.24, 2.45) is 0 Å². The van der Waals surface area contributed by atoms with E-state index in [-0.39, 0.29) is 0 Å². The van der Waals surface area contributed by atoms with Gasteiger partial charge in [0.1, 0.15) is 0 Å². The van der Waals surface area contributed by atoms with Crippen LogP contribution in [-0.4, -0.2) is 40.0 Å². The van der Waals surface area contributed by atoms with E-state index < -0.39 is 0 Å². The van der Waals surface area contributed by atoms with Crippen molar-refractivity contribution in [3.63, 3.8) is 0 Å². The summed E-state index contributed by atoms with van der Waals surface area (Å²) in [4.78, 5) is 4.27. The molecule has 0 saturated heterocycles. The fourth-order valence-corrected chi connectivity index (χ4v) is 1.48. The van der Waals surface area contributed by atoms with Gasteiger partial charge in [0.25, 0.3) is 0 Å². The Hall–Kier alpha value is -0.0500. The second-order valence-electron chi connectivity index (χ2n) is 2.68. The molecule has 2 nitrogen and oxygen atoms in total. The maximum absolute atomic E-state index is 5.24. The molecule has 1 aromatic heterocycles. The van der Waals surface area contributed by atoms with Crippen LogP contribution in [0.2, 0.25) is 0 Å². The van der Waals surface area contributed by atoms with Crippen molar-refractivity contribution in [1.29, 1.82) is 0 Å². The van der Waals surface area contributed by atoms with Crippen molar-refractivity contribution in [3.05, 3.63) is 17.3 Å². The van der Waals surface area contributed by atoms with Crippen LogP contribution < -0.4 is 7.68 Å². The zero-order chi connectivity index (χ0) is 8.43. The first-order valence-electron chi connectivity index (χ1n) is 3.63. The second kappa shape index (κ2) is 3.57. The van der Waals surface area contributed by atoms with Crippen molar-refractivity contribution in [2.45, 2.75) is 13.8 Å².